The van der Waals surface area contributed by atoms with Gasteiger partial charge < -0.3 is 14.6 Å². The van der Waals surface area contributed by atoms with Crippen molar-refractivity contribution in [1.82, 2.24) is 14.5 Å². The lowest BCUT2D eigenvalue weighted by molar-refractivity contribution is 0.392. The lowest BCUT2D eigenvalue weighted by Crippen LogP contribution is -2.12. The topological polar surface area (TPSA) is 52.0 Å². The fourth-order valence-electron chi connectivity index (χ4n) is 2.64. The van der Waals surface area contributed by atoms with Crippen LogP contribution in [0.25, 0.3) is 10.9 Å². The second-order valence-electron chi connectivity index (χ2n) is 5.10. The summed E-state index contributed by atoms with van der Waals surface area (Å²) < 4.78 is 21.1. The number of halogens is 2. The van der Waals surface area contributed by atoms with Gasteiger partial charge in [-0.25, -0.2) is 14.4 Å². The van der Waals surface area contributed by atoms with Crippen molar-refractivity contribution in [2.45, 2.75) is 13.5 Å². The first-order valence-corrected chi connectivity index (χ1v) is 7.51. The zero-order valence-electron chi connectivity index (χ0n) is 12.8. The van der Waals surface area contributed by atoms with E-state index in [1.54, 1.807) is 12.1 Å². The Kier molecular flexibility index (Phi) is 4.34. The number of nitrogens with one attached hydrogen (secondary N) is 1. The fourth-order valence-corrected chi connectivity index (χ4v) is 2.79. The number of aryl methyl sites for hydroxylation is 1. The van der Waals surface area contributed by atoms with Crippen molar-refractivity contribution >= 4 is 28.3 Å². The summed E-state index contributed by atoms with van der Waals surface area (Å²) >= 11 is 5.83. The van der Waals surface area contributed by atoms with Gasteiger partial charge in [-0.2, -0.15) is 0 Å². The molecule has 0 aliphatic carbocycles. The predicted octanol–water partition coefficient (Wildman–Crippen LogP) is 3.65. The maximum atomic E-state index is 13.8. The molecule has 1 aromatic carbocycles. The molecule has 23 heavy (non-hydrogen) atoms. The molecule has 1 N–H and O–H groups in total. The standard InChI is InChI=1S/C16H16ClFN4O/c1-10-7-11-13(4-3-12(18)16(11)23-2)22(10)6-5-19-15-8-14(17)20-9-21-15/h3-4,7-9H,5-6H2,1-2H3,(H,19,20,21). The first kappa shape index (κ1) is 15.6. The Morgan fingerprint density at radius 2 is 2.13 bits per heavy atom. The summed E-state index contributed by atoms with van der Waals surface area (Å²) in [5.41, 5.74) is 1.97. The van der Waals surface area contributed by atoms with Crippen LogP contribution in [0.4, 0.5) is 10.2 Å². The molecular weight excluding hydrogens is 319 g/mol. The number of aromatic nitrogens is 3. The van der Waals surface area contributed by atoms with Crippen LogP contribution in [0.5, 0.6) is 5.75 Å². The van der Waals surface area contributed by atoms with Gasteiger partial charge in [-0.3, -0.25) is 0 Å². The van der Waals surface area contributed by atoms with Crippen molar-refractivity contribution in [3.05, 3.63) is 47.3 Å². The van der Waals surface area contributed by atoms with Gasteiger partial charge in [0.15, 0.2) is 11.6 Å². The van der Waals surface area contributed by atoms with Crippen LogP contribution in [0, 0.1) is 12.7 Å². The van der Waals surface area contributed by atoms with Crippen LogP contribution >= 0.6 is 11.6 Å². The van der Waals surface area contributed by atoms with Crippen molar-refractivity contribution in [3.63, 3.8) is 0 Å². The minimum absolute atomic E-state index is 0.278. The number of hydrogen-bond donors (Lipinski definition) is 1. The smallest absolute Gasteiger partial charge is 0.165 e. The van der Waals surface area contributed by atoms with Crippen molar-refractivity contribution in [2.75, 3.05) is 19.0 Å². The highest BCUT2D eigenvalue weighted by molar-refractivity contribution is 6.29. The number of hydrogen-bond acceptors (Lipinski definition) is 4. The monoisotopic (exact) mass is 334 g/mol. The van der Waals surface area contributed by atoms with E-state index in [1.807, 2.05) is 13.0 Å². The number of rotatable bonds is 5. The molecule has 0 bridgehead atoms. The molecule has 0 saturated heterocycles. The number of methoxy groups -OCH3 is 1. The summed E-state index contributed by atoms with van der Waals surface area (Å²) in [5.74, 6) is 0.591. The Hall–Kier alpha value is -2.34. The number of anilines is 1. The van der Waals surface area contributed by atoms with Crippen LogP contribution in [-0.2, 0) is 6.54 Å². The minimum Gasteiger partial charge on any atom is -0.493 e. The van der Waals surface area contributed by atoms with Gasteiger partial charge in [0.05, 0.1) is 12.6 Å². The van der Waals surface area contributed by atoms with Crippen LogP contribution in [0.1, 0.15) is 5.69 Å². The van der Waals surface area contributed by atoms with Gasteiger partial charge >= 0.3 is 0 Å². The summed E-state index contributed by atoms with van der Waals surface area (Å²) in [6.45, 7) is 3.34. The van der Waals surface area contributed by atoms with Crippen LogP contribution in [-0.4, -0.2) is 28.2 Å². The van der Waals surface area contributed by atoms with Gasteiger partial charge in [0.2, 0.25) is 0 Å². The van der Waals surface area contributed by atoms with E-state index in [9.17, 15) is 4.39 Å². The van der Waals surface area contributed by atoms with E-state index >= 15 is 0 Å². The maximum Gasteiger partial charge on any atom is 0.165 e. The van der Waals surface area contributed by atoms with Gasteiger partial charge in [0.1, 0.15) is 17.3 Å². The molecule has 0 aliphatic rings. The van der Waals surface area contributed by atoms with Gasteiger partial charge in [-0.1, -0.05) is 11.6 Å². The Morgan fingerprint density at radius 3 is 2.87 bits per heavy atom. The Labute approximate surface area is 138 Å². The molecule has 2 aromatic heterocycles. The molecule has 3 rings (SSSR count). The molecule has 120 valence electrons. The largest absolute Gasteiger partial charge is 0.493 e. The zero-order chi connectivity index (χ0) is 16.4. The number of nitrogens with zero attached hydrogens (tertiary/aromatic N) is 3. The Balaban J connectivity index is 1.82. The third-order valence-corrected chi connectivity index (χ3v) is 3.88. The van der Waals surface area contributed by atoms with E-state index in [-0.39, 0.29) is 11.6 Å². The first-order chi connectivity index (χ1) is 11.1. The molecule has 0 spiro atoms. The van der Waals surface area contributed by atoms with Gasteiger partial charge in [0.25, 0.3) is 0 Å². The summed E-state index contributed by atoms with van der Waals surface area (Å²) in [7, 11) is 1.48. The van der Waals surface area contributed by atoms with E-state index in [4.69, 9.17) is 16.3 Å². The van der Waals surface area contributed by atoms with Crippen LogP contribution in [0.3, 0.4) is 0 Å². The molecule has 0 fully saturated rings. The highest BCUT2D eigenvalue weighted by atomic mass is 35.5. The number of ether oxygens (including phenoxy) is 1. The number of benzene rings is 1. The van der Waals surface area contributed by atoms with Gasteiger partial charge in [-0.05, 0) is 25.1 Å². The molecule has 0 unspecified atom stereocenters. The van der Waals surface area contributed by atoms with E-state index in [2.05, 4.69) is 19.9 Å². The molecule has 3 aromatic rings. The lowest BCUT2D eigenvalue weighted by atomic mass is 10.2. The third-order valence-electron chi connectivity index (χ3n) is 3.67. The van der Waals surface area contributed by atoms with Crippen molar-refractivity contribution in [1.29, 1.82) is 0 Å². The molecule has 0 radical (unpaired) electrons. The predicted molar refractivity (Wildman–Crippen MR) is 88.7 cm³/mol. The third kappa shape index (κ3) is 3.07. The summed E-state index contributed by atoms with van der Waals surface area (Å²) in [6.07, 6.45) is 1.41. The molecule has 0 amide bonds. The molecule has 7 heteroatoms. The summed E-state index contributed by atoms with van der Waals surface area (Å²) in [6, 6.07) is 6.79. The van der Waals surface area contributed by atoms with Crippen molar-refractivity contribution in [2.24, 2.45) is 0 Å². The Bertz CT molecular complexity index is 849. The zero-order valence-corrected chi connectivity index (χ0v) is 13.6. The molecule has 5 nitrogen and oxygen atoms in total. The summed E-state index contributed by atoms with van der Waals surface area (Å²) in [4.78, 5) is 7.94. The van der Waals surface area contributed by atoms with Crippen LogP contribution < -0.4 is 10.1 Å². The maximum absolute atomic E-state index is 13.8. The quantitative estimate of drug-likeness (QED) is 0.724. The van der Waals surface area contributed by atoms with Crippen LogP contribution in [0.15, 0.2) is 30.6 Å². The molecule has 0 atom stereocenters. The van der Waals surface area contributed by atoms with Gasteiger partial charge in [-0.15, -0.1) is 0 Å². The van der Waals surface area contributed by atoms with Crippen molar-refractivity contribution in [3.8, 4) is 5.75 Å². The fraction of sp³-hybridized carbons (Fsp3) is 0.250. The molecular formula is C16H16ClFN4O. The minimum atomic E-state index is -0.356. The normalized spacial score (nSPS) is 11.0. The van der Waals surface area contributed by atoms with E-state index < -0.39 is 0 Å². The van der Waals surface area contributed by atoms with Crippen molar-refractivity contribution < 1.29 is 9.13 Å². The average Bonchev–Trinajstić information content (AvgIpc) is 2.83. The lowest BCUT2D eigenvalue weighted by Gasteiger charge is -2.11. The Morgan fingerprint density at radius 1 is 1.30 bits per heavy atom. The highest BCUT2D eigenvalue weighted by Crippen LogP contribution is 2.31. The van der Waals surface area contributed by atoms with E-state index in [0.717, 1.165) is 16.6 Å². The second kappa shape index (κ2) is 6.42. The SMILES string of the molecule is COc1c(F)ccc2c1cc(C)n2CCNc1cc(Cl)ncn1. The average molecular weight is 335 g/mol. The van der Waals surface area contributed by atoms with E-state index in [1.165, 1.54) is 19.5 Å². The second-order valence-corrected chi connectivity index (χ2v) is 5.49. The molecule has 0 saturated carbocycles. The number of fused-ring (bicyclic) bond motifs is 1. The highest BCUT2D eigenvalue weighted by Gasteiger charge is 2.13. The first-order valence-electron chi connectivity index (χ1n) is 7.14. The van der Waals surface area contributed by atoms with Gasteiger partial charge in [0, 0.05) is 30.2 Å². The van der Waals surface area contributed by atoms with Crippen LogP contribution in [0.2, 0.25) is 5.15 Å². The molecule has 0 aliphatic heterocycles. The molecule has 2 heterocycles. The van der Waals surface area contributed by atoms with E-state index in [0.29, 0.717) is 24.1 Å². The summed E-state index contributed by atoms with van der Waals surface area (Å²) in [5, 5.41) is 4.36.